The Morgan fingerprint density at radius 1 is 0.750 bits per heavy atom. The van der Waals surface area contributed by atoms with Gasteiger partial charge in [0.2, 0.25) is 0 Å². The van der Waals surface area contributed by atoms with Crippen molar-refractivity contribution in [1.82, 2.24) is 0 Å². The van der Waals surface area contributed by atoms with Gasteiger partial charge in [-0.25, -0.2) is 9.59 Å². The molecule has 0 aromatic rings. The molecule has 0 unspecified atom stereocenters. The molecular weight excluding hydrogens is 304 g/mol. The number of carboxylic acids is 2. The molecule has 138 valence electrons. The summed E-state index contributed by atoms with van der Waals surface area (Å²) in [6.07, 6.45) is 15.2. The first-order chi connectivity index (χ1) is 11.4. The number of carbonyl (C=O) groups is 2. The lowest BCUT2D eigenvalue weighted by Gasteiger charge is -2.10. The van der Waals surface area contributed by atoms with Gasteiger partial charge in [-0.15, -0.1) is 0 Å². The first-order valence-electron chi connectivity index (χ1n) is 9.21. The third kappa shape index (κ3) is 11.9. The van der Waals surface area contributed by atoms with E-state index in [4.69, 9.17) is 10.2 Å². The Hall–Kier alpha value is -1.58. The molecule has 0 radical (unpaired) electrons. The average molecular weight is 338 g/mol. The highest BCUT2D eigenvalue weighted by Gasteiger charge is 2.09. The molecule has 0 saturated carbocycles. The molecule has 0 spiro atoms. The van der Waals surface area contributed by atoms with Crippen molar-refractivity contribution in [3.8, 4) is 0 Å². The van der Waals surface area contributed by atoms with Gasteiger partial charge in [0.1, 0.15) is 0 Å². The minimum Gasteiger partial charge on any atom is -0.478 e. The van der Waals surface area contributed by atoms with E-state index < -0.39 is 11.9 Å². The van der Waals surface area contributed by atoms with Crippen LogP contribution in [0.3, 0.4) is 0 Å². The minimum absolute atomic E-state index is 0.123. The molecule has 0 saturated heterocycles. The zero-order valence-electron chi connectivity index (χ0n) is 15.5. The van der Waals surface area contributed by atoms with Gasteiger partial charge in [-0.05, 0) is 26.2 Å². The van der Waals surface area contributed by atoms with E-state index in [0.717, 1.165) is 19.3 Å². The van der Waals surface area contributed by atoms with Crippen LogP contribution in [0.5, 0.6) is 0 Å². The summed E-state index contributed by atoms with van der Waals surface area (Å²) < 4.78 is 0. The lowest BCUT2D eigenvalue weighted by atomic mass is 9.95. The number of unbranched alkanes of at least 4 members (excludes halogenated alkanes) is 8. The van der Waals surface area contributed by atoms with Crippen molar-refractivity contribution in [2.75, 3.05) is 0 Å². The Morgan fingerprint density at radius 3 is 1.50 bits per heavy atom. The van der Waals surface area contributed by atoms with E-state index >= 15 is 0 Å². The molecule has 0 aromatic heterocycles. The highest BCUT2D eigenvalue weighted by Crippen LogP contribution is 2.18. The fourth-order valence-corrected chi connectivity index (χ4v) is 2.69. The standard InChI is InChI=1S/C20H34O4/c1-4-5-6-7-8-9-10-11-12-13-18(14-16(2)19(21)22)15-17(3)20(23)24/h14-15,18H,4-13H2,1-3H3,(H,21,22)(H,23,24). The maximum Gasteiger partial charge on any atom is 0.330 e. The zero-order valence-corrected chi connectivity index (χ0v) is 15.5. The molecule has 0 amide bonds. The van der Waals surface area contributed by atoms with Gasteiger partial charge in [0.05, 0.1) is 0 Å². The Labute approximate surface area is 146 Å². The van der Waals surface area contributed by atoms with E-state index in [1.54, 1.807) is 26.0 Å². The van der Waals surface area contributed by atoms with E-state index in [9.17, 15) is 9.59 Å². The fourth-order valence-electron chi connectivity index (χ4n) is 2.69. The van der Waals surface area contributed by atoms with Crippen LogP contribution in [0.2, 0.25) is 0 Å². The van der Waals surface area contributed by atoms with Crippen LogP contribution in [-0.4, -0.2) is 22.2 Å². The van der Waals surface area contributed by atoms with Gasteiger partial charge in [0.25, 0.3) is 0 Å². The molecule has 4 nitrogen and oxygen atoms in total. The van der Waals surface area contributed by atoms with Crippen molar-refractivity contribution in [3.05, 3.63) is 23.3 Å². The third-order valence-corrected chi connectivity index (χ3v) is 4.24. The second kappa shape index (κ2) is 13.8. The predicted octanol–water partition coefficient (Wildman–Crippen LogP) is 5.59. The van der Waals surface area contributed by atoms with Gasteiger partial charge >= 0.3 is 11.9 Å². The molecule has 0 aliphatic heterocycles. The zero-order chi connectivity index (χ0) is 18.4. The van der Waals surface area contributed by atoms with Crippen molar-refractivity contribution in [1.29, 1.82) is 0 Å². The smallest absolute Gasteiger partial charge is 0.330 e. The van der Waals surface area contributed by atoms with Gasteiger partial charge in [-0.3, -0.25) is 0 Å². The van der Waals surface area contributed by atoms with Crippen LogP contribution >= 0.6 is 0 Å². The summed E-state index contributed by atoms with van der Waals surface area (Å²) in [6.45, 7) is 5.32. The van der Waals surface area contributed by atoms with E-state index in [-0.39, 0.29) is 17.1 Å². The van der Waals surface area contributed by atoms with Gasteiger partial charge in [-0.1, -0.05) is 76.9 Å². The van der Waals surface area contributed by atoms with Gasteiger partial charge in [-0.2, -0.15) is 0 Å². The average Bonchev–Trinajstić information content (AvgIpc) is 2.52. The summed E-state index contributed by atoms with van der Waals surface area (Å²) >= 11 is 0. The quantitative estimate of drug-likeness (QED) is 0.320. The maximum atomic E-state index is 11.0. The molecule has 0 aromatic carbocycles. The summed E-state index contributed by atoms with van der Waals surface area (Å²) in [5, 5.41) is 18.0. The molecule has 0 bridgehead atoms. The Bertz CT molecular complexity index is 405. The van der Waals surface area contributed by atoms with Crippen molar-refractivity contribution >= 4 is 11.9 Å². The van der Waals surface area contributed by atoms with Crippen LogP contribution < -0.4 is 0 Å². The maximum absolute atomic E-state index is 11.0. The lowest BCUT2D eigenvalue weighted by Crippen LogP contribution is -2.04. The molecule has 0 aliphatic rings. The summed E-state index contributed by atoms with van der Waals surface area (Å²) in [7, 11) is 0. The first-order valence-corrected chi connectivity index (χ1v) is 9.21. The molecule has 0 heterocycles. The Morgan fingerprint density at radius 2 is 1.12 bits per heavy atom. The summed E-state index contributed by atoms with van der Waals surface area (Å²) in [5.74, 6) is -2.02. The molecule has 0 atom stereocenters. The van der Waals surface area contributed by atoms with E-state index in [2.05, 4.69) is 6.92 Å². The van der Waals surface area contributed by atoms with Gasteiger partial charge in [0, 0.05) is 11.1 Å². The van der Waals surface area contributed by atoms with Gasteiger partial charge in [0.15, 0.2) is 0 Å². The van der Waals surface area contributed by atoms with Crippen molar-refractivity contribution in [2.24, 2.45) is 5.92 Å². The fraction of sp³-hybridized carbons (Fsp3) is 0.700. The van der Waals surface area contributed by atoms with Crippen LogP contribution in [0.25, 0.3) is 0 Å². The Kier molecular flexibility index (Phi) is 12.9. The molecule has 24 heavy (non-hydrogen) atoms. The van der Waals surface area contributed by atoms with Crippen LogP contribution in [-0.2, 0) is 9.59 Å². The molecule has 0 aliphatic carbocycles. The van der Waals surface area contributed by atoms with Crippen LogP contribution in [0.15, 0.2) is 23.3 Å². The lowest BCUT2D eigenvalue weighted by molar-refractivity contribution is -0.133. The SMILES string of the molecule is CCCCCCCCCCCC(C=C(C)C(=O)O)C=C(C)C(=O)O. The van der Waals surface area contributed by atoms with E-state index in [1.807, 2.05) is 0 Å². The Balaban J connectivity index is 4.24. The minimum atomic E-state index is -0.951. The van der Waals surface area contributed by atoms with Crippen LogP contribution in [0.1, 0.15) is 85.0 Å². The highest BCUT2D eigenvalue weighted by molar-refractivity contribution is 5.87. The van der Waals surface area contributed by atoms with Crippen molar-refractivity contribution in [2.45, 2.75) is 85.0 Å². The van der Waals surface area contributed by atoms with E-state index in [0.29, 0.717) is 0 Å². The summed E-state index contributed by atoms with van der Waals surface area (Å²) in [4.78, 5) is 21.9. The molecular formula is C20H34O4. The predicted molar refractivity (Wildman–Crippen MR) is 98.1 cm³/mol. The number of carboxylic acid groups (broad SMARTS) is 2. The van der Waals surface area contributed by atoms with Crippen LogP contribution in [0, 0.1) is 5.92 Å². The summed E-state index contributed by atoms with van der Waals surface area (Å²) in [5.41, 5.74) is 0.538. The highest BCUT2D eigenvalue weighted by atomic mass is 16.4. The topological polar surface area (TPSA) is 74.6 Å². The number of allylic oxidation sites excluding steroid dienone is 2. The number of hydrogen-bond donors (Lipinski definition) is 2. The number of rotatable bonds is 14. The normalized spacial score (nSPS) is 13.8. The van der Waals surface area contributed by atoms with Crippen molar-refractivity contribution < 1.29 is 19.8 Å². The molecule has 0 rings (SSSR count). The first kappa shape index (κ1) is 22.4. The number of hydrogen-bond acceptors (Lipinski definition) is 2. The second-order valence-electron chi connectivity index (χ2n) is 6.59. The number of aliphatic carboxylic acids is 2. The second-order valence-corrected chi connectivity index (χ2v) is 6.59. The third-order valence-electron chi connectivity index (χ3n) is 4.24. The summed E-state index contributed by atoms with van der Waals surface area (Å²) in [6, 6.07) is 0. The molecule has 4 heteroatoms. The van der Waals surface area contributed by atoms with Crippen LogP contribution in [0.4, 0.5) is 0 Å². The molecule has 0 fully saturated rings. The largest absolute Gasteiger partial charge is 0.478 e. The van der Waals surface area contributed by atoms with Crippen molar-refractivity contribution in [3.63, 3.8) is 0 Å². The van der Waals surface area contributed by atoms with E-state index in [1.165, 1.54) is 44.9 Å². The molecule has 2 N–H and O–H groups in total. The van der Waals surface area contributed by atoms with Gasteiger partial charge < -0.3 is 10.2 Å². The monoisotopic (exact) mass is 338 g/mol.